The minimum Gasteiger partial charge on any atom is -0.207 e. The van der Waals surface area contributed by atoms with E-state index in [1.54, 1.807) is 28.6 Å². The highest BCUT2D eigenvalue weighted by atomic mass is 32.2. The van der Waals surface area contributed by atoms with Crippen molar-refractivity contribution in [2.75, 3.05) is 6.54 Å². The first-order valence-corrected chi connectivity index (χ1v) is 8.59. The van der Waals surface area contributed by atoms with E-state index in [1.165, 1.54) is 6.42 Å². The van der Waals surface area contributed by atoms with Crippen LogP contribution in [0.2, 0.25) is 0 Å². The Labute approximate surface area is 120 Å². The van der Waals surface area contributed by atoms with Crippen LogP contribution in [0.5, 0.6) is 0 Å². The third-order valence-corrected chi connectivity index (χ3v) is 6.52. The largest absolute Gasteiger partial charge is 0.244 e. The molecule has 0 amide bonds. The van der Waals surface area contributed by atoms with Crippen LogP contribution in [-0.4, -0.2) is 25.3 Å². The molecule has 1 saturated carbocycles. The fourth-order valence-corrected chi connectivity index (χ4v) is 5.17. The number of nitrogens with zero attached hydrogens (tertiary/aromatic N) is 2. The van der Waals surface area contributed by atoms with Crippen LogP contribution < -0.4 is 0 Å². The third-order valence-electron chi connectivity index (χ3n) is 4.54. The number of hydrogen-bond acceptors (Lipinski definition) is 3. The van der Waals surface area contributed by atoms with Crippen molar-refractivity contribution in [3.05, 3.63) is 29.8 Å². The molecule has 5 heteroatoms. The zero-order valence-corrected chi connectivity index (χ0v) is 12.1. The Balaban J connectivity index is 1.97. The Morgan fingerprint density at radius 1 is 1.15 bits per heavy atom. The van der Waals surface area contributed by atoms with Crippen LogP contribution in [0.3, 0.4) is 0 Å². The fraction of sp³-hybridized carbons (Fsp3) is 0.533. The zero-order valence-electron chi connectivity index (χ0n) is 11.3. The molecule has 1 saturated heterocycles. The molecule has 106 valence electrons. The van der Waals surface area contributed by atoms with E-state index in [0.717, 1.165) is 25.7 Å². The van der Waals surface area contributed by atoms with Crippen LogP contribution >= 0.6 is 0 Å². The monoisotopic (exact) mass is 290 g/mol. The van der Waals surface area contributed by atoms with E-state index in [9.17, 15) is 8.42 Å². The molecule has 1 aliphatic carbocycles. The van der Waals surface area contributed by atoms with E-state index in [1.807, 2.05) is 6.07 Å². The molecular weight excluding hydrogens is 272 g/mol. The lowest BCUT2D eigenvalue weighted by molar-refractivity contribution is 0.191. The molecule has 1 heterocycles. The molecular formula is C15H18N2O2S. The molecule has 0 aromatic heterocycles. The molecule has 20 heavy (non-hydrogen) atoms. The summed E-state index contributed by atoms with van der Waals surface area (Å²) >= 11 is 0. The summed E-state index contributed by atoms with van der Waals surface area (Å²) in [5, 5.41) is 9.12. The maximum atomic E-state index is 12.8. The van der Waals surface area contributed by atoms with Gasteiger partial charge in [-0.2, -0.15) is 9.57 Å². The highest BCUT2D eigenvalue weighted by Gasteiger charge is 2.41. The van der Waals surface area contributed by atoms with Crippen molar-refractivity contribution in [2.24, 2.45) is 5.92 Å². The molecule has 0 radical (unpaired) electrons. The Bertz CT molecular complexity index is 644. The quantitative estimate of drug-likeness (QED) is 0.859. The first kappa shape index (κ1) is 13.6. The molecule has 0 bridgehead atoms. The van der Waals surface area contributed by atoms with E-state index >= 15 is 0 Å². The van der Waals surface area contributed by atoms with Crippen LogP contribution in [0, 0.1) is 17.2 Å². The van der Waals surface area contributed by atoms with Gasteiger partial charge in [0, 0.05) is 12.6 Å². The predicted octanol–water partition coefficient (Wildman–Crippen LogP) is 2.51. The minimum absolute atomic E-state index is 0.139. The molecule has 2 fully saturated rings. The van der Waals surface area contributed by atoms with Gasteiger partial charge in [-0.25, -0.2) is 8.42 Å². The van der Waals surface area contributed by atoms with Crippen LogP contribution in [0.25, 0.3) is 0 Å². The van der Waals surface area contributed by atoms with Crippen molar-refractivity contribution in [1.29, 1.82) is 5.26 Å². The summed E-state index contributed by atoms with van der Waals surface area (Å²) in [6, 6.07) is 8.63. The second kappa shape index (κ2) is 5.19. The first-order chi connectivity index (χ1) is 9.64. The smallest absolute Gasteiger partial charge is 0.207 e. The van der Waals surface area contributed by atoms with Gasteiger partial charge in [-0.1, -0.05) is 18.6 Å². The topological polar surface area (TPSA) is 61.2 Å². The van der Waals surface area contributed by atoms with Gasteiger partial charge < -0.3 is 0 Å². The van der Waals surface area contributed by atoms with Gasteiger partial charge in [-0.05, 0) is 43.7 Å². The third kappa shape index (κ3) is 2.13. The van der Waals surface area contributed by atoms with E-state index in [0.29, 0.717) is 12.5 Å². The van der Waals surface area contributed by atoms with Gasteiger partial charge in [0.05, 0.1) is 10.5 Å². The van der Waals surface area contributed by atoms with E-state index in [2.05, 4.69) is 0 Å². The van der Waals surface area contributed by atoms with Gasteiger partial charge in [0.25, 0.3) is 0 Å². The summed E-state index contributed by atoms with van der Waals surface area (Å²) in [6.07, 6.45) is 5.37. The average Bonchev–Trinajstić information content (AvgIpc) is 2.86. The Morgan fingerprint density at radius 2 is 1.90 bits per heavy atom. The predicted molar refractivity (Wildman–Crippen MR) is 75.4 cm³/mol. The molecule has 1 aliphatic heterocycles. The van der Waals surface area contributed by atoms with Crippen molar-refractivity contribution in [2.45, 2.75) is 43.0 Å². The lowest BCUT2D eigenvalue weighted by atomic mass is 9.79. The summed E-state index contributed by atoms with van der Waals surface area (Å²) in [4.78, 5) is 0.161. The molecule has 2 aliphatic rings. The summed E-state index contributed by atoms with van der Waals surface area (Å²) in [7, 11) is -3.54. The average molecular weight is 290 g/mol. The Hall–Kier alpha value is -1.38. The highest BCUT2D eigenvalue weighted by Crippen LogP contribution is 2.39. The molecule has 0 spiro atoms. The fourth-order valence-electron chi connectivity index (χ4n) is 3.27. The molecule has 1 aromatic rings. The van der Waals surface area contributed by atoms with E-state index in [-0.39, 0.29) is 16.5 Å². The van der Waals surface area contributed by atoms with Crippen molar-refractivity contribution < 1.29 is 8.42 Å². The van der Waals surface area contributed by atoms with Crippen LogP contribution in [0.4, 0.5) is 0 Å². The van der Waals surface area contributed by atoms with E-state index < -0.39 is 10.0 Å². The maximum Gasteiger partial charge on any atom is 0.244 e. The summed E-state index contributed by atoms with van der Waals surface area (Å²) in [5.41, 5.74) is 0.242. The molecule has 1 aromatic carbocycles. The minimum atomic E-state index is -3.54. The van der Waals surface area contributed by atoms with Gasteiger partial charge in [0.15, 0.2) is 0 Å². The standard InChI is InChI=1S/C15H18N2O2S/c16-11-13-5-1-2-9-15(13)20(18,19)17-10-4-8-14(17)12-6-3-7-12/h1-2,5,9,12,14H,3-4,6-8,10H2. The lowest BCUT2D eigenvalue weighted by Gasteiger charge is -2.36. The molecule has 4 nitrogen and oxygen atoms in total. The van der Waals surface area contributed by atoms with Crippen LogP contribution in [0.1, 0.15) is 37.7 Å². The van der Waals surface area contributed by atoms with Gasteiger partial charge in [0.1, 0.15) is 6.07 Å². The highest BCUT2D eigenvalue weighted by molar-refractivity contribution is 7.89. The normalized spacial score (nSPS) is 24.2. The number of rotatable bonds is 3. The van der Waals surface area contributed by atoms with Crippen molar-refractivity contribution >= 4 is 10.0 Å². The number of sulfonamides is 1. The van der Waals surface area contributed by atoms with Crippen molar-refractivity contribution in [3.8, 4) is 6.07 Å². The van der Waals surface area contributed by atoms with Gasteiger partial charge in [-0.15, -0.1) is 0 Å². The molecule has 1 atom stereocenters. The molecule has 3 rings (SSSR count). The second-order valence-electron chi connectivity index (χ2n) is 5.62. The number of benzene rings is 1. The SMILES string of the molecule is N#Cc1ccccc1S(=O)(=O)N1CCCC1C1CCC1. The molecule has 0 N–H and O–H groups in total. The molecule has 1 unspecified atom stereocenters. The number of hydrogen-bond donors (Lipinski definition) is 0. The Morgan fingerprint density at radius 3 is 2.55 bits per heavy atom. The van der Waals surface area contributed by atoms with Crippen molar-refractivity contribution in [3.63, 3.8) is 0 Å². The summed E-state index contributed by atoms with van der Waals surface area (Å²) in [6.45, 7) is 0.587. The maximum absolute atomic E-state index is 12.8. The van der Waals surface area contributed by atoms with E-state index in [4.69, 9.17) is 5.26 Å². The van der Waals surface area contributed by atoms with Crippen LogP contribution in [-0.2, 0) is 10.0 Å². The first-order valence-electron chi connectivity index (χ1n) is 7.15. The summed E-state index contributed by atoms with van der Waals surface area (Å²) < 4.78 is 27.3. The van der Waals surface area contributed by atoms with Crippen LogP contribution in [0.15, 0.2) is 29.2 Å². The lowest BCUT2D eigenvalue weighted by Crippen LogP contribution is -2.42. The van der Waals surface area contributed by atoms with Crippen molar-refractivity contribution in [1.82, 2.24) is 4.31 Å². The second-order valence-corrected chi connectivity index (χ2v) is 7.48. The Kier molecular flexibility index (Phi) is 3.53. The van der Waals surface area contributed by atoms with Gasteiger partial charge in [-0.3, -0.25) is 0 Å². The zero-order chi connectivity index (χ0) is 14.2. The number of nitriles is 1. The summed E-state index contributed by atoms with van der Waals surface area (Å²) in [5.74, 6) is 0.515. The van der Waals surface area contributed by atoms with Gasteiger partial charge in [0.2, 0.25) is 10.0 Å². The van der Waals surface area contributed by atoms with Gasteiger partial charge >= 0.3 is 0 Å².